The van der Waals surface area contributed by atoms with Gasteiger partial charge in [0, 0.05) is 38.3 Å². The highest BCUT2D eigenvalue weighted by molar-refractivity contribution is 7.91. The fourth-order valence-electron chi connectivity index (χ4n) is 3.13. The van der Waals surface area contributed by atoms with E-state index in [2.05, 4.69) is 5.32 Å². The maximum atomic E-state index is 13.2. The van der Waals surface area contributed by atoms with Crippen molar-refractivity contribution in [1.29, 1.82) is 0 Å². The molecule has 168 valence electrons. The number of piperazine rings is 1. The zero-order chi connectivity index (χ0) is 22.8. The van der Waals surface area contributed by atoms with E-state index < -0.39 is 22.0 Å². The molecule has 2 aromatic rings. The molecular weight excluding hydrogens is 507 g/mol. The summed E-state index contributed by atoms with van der Waals surface area (Å²) in [6, 6.07) is 6.21. The Morgan fingerprint density at radius 2 is 1.87 bits per heavy atom. The van der Waals surface area contributed by atoms with Crippen LogP contribution in [0.2, 0.25) is 14.4 Å². The zero-order valence-corrected chi connectivity index (χ0v) is 20.0. The van der Waals surface area contributed by atoms with Gasteiger partial charge in [0.1, 0.15) is 10.3 Å². The van der Waals surface area contributed by atoms with Crippen LogP contribution in [0, 0.1) is 0 Å². The molecule has 13 heteroatoms. The summed E-state index contributed by atoms with van der Waals surface area (Å²) in [7, 11) is -3.99. The van der Waals surface area contributed by atoms with Gasteiger partial charge in [-0.3, -0.25) is 9.59 Å². The van der Waals surface area contributed by atoms with Gasteiger partial charge < -0.3 is 16.0 Å². The molecule has 3 rings (SSSR count). The Morgan fingerprint density at radius 3 is 2.48 bits per heavy atom. The number of rotatable bonds is 6. The number of amides is 2. The number of nitrogens with one attached hydrogen (secondary N) is 1. The quantitative estimate of drug-likeness (QED) is 0.601. The van der Waals surface area contributed by atoms with Crippen LogP contribution in [0.1, 0.15) is 10.4 Å². The lowest BCUT2D eigenvalue weighted by Crippen LogP contribution is -2.61. The lowest BCUT2D eigenvalue weighted by atomic mass is 10.1. The minimum atomic E-state index is -3.99. The maximum absolute atomic E-state index is 13.2. The standard InChI is InChI=1S/C18H19Cl3N4O4S2/c19-12-2-1-11(9-13(12)20)18(27)24-7-8-25(14(10-24)17(26)23-6-5-22)31(28,29)16-4-3-15(21)30-16/h1-4,9,14H,5-8,10,22H2,(H,23,26). The van der Waals surface area contributed by atoms with Gasteiger partial charge in [-0.05, 0) is 30.3 Å². The highest BCUT2D eigenvalue weighted by atomic mass is 35.5. The normalized spacial score (nSPS) is 17.5. The Morgan fingerprint density at radius 1 is 1.13 bits per heavy atom. The number of thiophene rings is 1. The van der Waals surface area contributed by atoms with Gasteiger partial charge in [0.2, 0.25) is 5.91 Å². The number of benzene rings is 1. The molecule has 1 unspecified atom stereocenters. The molecule has 0 bridgehead atoms. The molecule has 31 heavy (non-hydrogen) atoms. The second kappa shape index (κ2) is 10.0. The van der Waals surface area contributed by atoms with Crippen LogP contribution in [0.4, 0.5) is 0 Å². The van der Waals surface area contributed by atoms with Gasteiger partial charge >= 0.3 is 0 Å². The van der Waals surface area contributed by atoms with Gasteiger partial charge in [0.05, 0.1) is 14.4 Å². The Hall–Kier alpha value is -1.40. The van der Waals surface area contributed by atoms with Gasteiger partial charge in [-0.2, -0.15) is 4.31 Å². The van der Waals surface area contributed by atoms with Crippen molar-refractivity contribution in [2.24, 2.45) is 5.73 Å². The van der Waals surface area contributed by atoms with Gasteiger partial charge in [0.25, 0.3) is 15.9 Å². The van der Waals surface area contributed by atoms with E-state index in [9.17, 15) is 18.0 Å². The van der Waals surface area contributed by atoms with Crippen LogP contribution in [0.5, 0.6) is 0 Å². The molecule has 3 N–H and O–H groups in total. The number of carbonyl (C=O) groups is 2. The predicted molar refractivity (Wildman–Crippen MR) is 121 cm³/mol. The average molecular weight is 526 g/mol. The Labute approximate surface area is 198 Å². The number of halogens is 3. The molecule has 2 heterocycles. The third-order valence-electron chi connectivity index (χ3n) is 4.64. The monoisotopic (exact) mass is 524 g/mol. The highest BCUT2D eigenvalue weighted by Crippen LogP contribution is 2.31. The first-order valence-electron chi connectivity index (χ1n) is 9.14. The van der Waals surface area contributed by atoms with E-state index in [0.29, 0.717) is 9.36 Å². The largest absolute Gasteiger partial charge is 0.353 e. The van der Waals surface area contributed by atoms with Crippen LogP contribution in [0.15, 0.2) is 34.5 Å². The number of nitrogens with two attached hydrogens (primary N) is 1. The average Bonchev–Trinajstić information content (AvgIpc) is 3.20. The van der Waals surface area contributed by atoms with Crippen molar-refractivity contribution in [2.45, 2.75) is 10.3 Å². The van der Waals surface area contributed by atoms with E-state index in [1.807, 2.05) is 0 Å². The molecule has 1 aromatic heterocycles. The van der Waals surface area contributed by atoms with E-state index >= 15 is 0 Å². The molecule has 1 aliphatic rings. The summed E-state index contributed by atoms with van der Waals surface area (Å²) in [6.45, 7) is 0.268. The number of hydrogen-bond donors (Lipinski definition) is 2. The maximum Gasteiger partial charge on any atom is 0.254 e. The first-order chi connectivity index (χ1) is 14.6. The van der Waals surface area contributed by atoms with E-state index in [4.69, 9.17) is 40.5 Å². The van der Waals surface area contributed by atoms with E-state index in [0.717, 1.165) is 15.6 Å². The van der Waals surface area contributed by atoms with Crippen molar-refractivity contribution < 1.29 is 18.0 Å². The number of nitrogens with zero attached hydrogens (tertiary/aromatic N) is 2. The second-order valence-electron chi connectivity index (χ2n) is 6.65. The van der Waals surface area contributed by atoms with Crippen LogP contribution < -0.4 is 11.1 Å². The molecule has 8 nitrogen and oxygen atoms in total. The molecule has 2 amide bonds. The third-order valence-corrected chi connectivity index (χ3v) is 8.99. The SMILES string of the molecule is NCCNC(=O)C1CN(C(=O)c2ccc(Cl)c(Cl)c2)CCN1S(=O)(=O)c1ccc(Cl)s1. The van der Waals surface area contributed by atoms with E-state index in [-0.39, 0.29) is 53.4 Å². The summed E-state index contributed by atoms with van der Waals surface area (Å²) in [6.07, 6.45) is 0. The zero-order valence-electron chi connectivity index (χ0n) is 16.1. The smallest absolute Gasteiger partial charge is 0.254 e. The van der Waals surface area contributed by atoms with Gasteiger partial charge in [-0.15, -0.1) is 11.3 Å². The van der Waals surface area contributed by atoms with Crippen molar-refractivity contribution >= 4 is 68.0 Å². The minimum absolute atomic E-state index is 0.0263. The topological polar surface area (TPSA) is 113 Å². The second-order valence-corrected chi connectivity index (χ2v) is 11.3. The molecule has 0 spiro atoms. The van der Waals surface area contributed by atoms with Gasteiger partial charge in [-0.1, -0.05) is 34.8 Å². The number of carbonyl (C=O) groups excluding carboxylic acids is 2. The summed E-state index contributed by atoms with van der Waals surface area (Å²) in [5.74, 6) is -0.922. The molecule has 1 atom stereocenters. The Balaban J connectivity index is 1.88. The van der Waals surface area contributed by atoms with Crippen LogP contribution in [-0.4, -0.2) is 68.2 Å². The minimum Gasteiger partial charge on any atom is -0.353 e. The summed E-state index contributed by atoms with van der Waals surface area (Å²) >= 11 is 18.7. The Kier molecular flexibility index (Phi) is 7.85. The van der Waals surface area contributed by atoms with Crippen LogP contribution >= 0.6 is 46.1 Å². The predicted octanol–water partition coefficient (Wildman–Crippen LogP) is 2.30. The fourth-order valence-corrected chi connectivity index (χ4v) is 6.61. The number of hydrogen-bond acceptors (Lipinski definition) is 6. The lowest BCUT2D eigenvalue weighted by Gasteiger charge is -2.39. The Bertz CT molecular complexity index is 1090. The lowest BCUT2D eigenvalue weighted by molar-refractivity contribution is -0.126. The first kappa shape index (κ1) is 24.2. The highest BCUT2D eigenvalue weighted by Gasteiger charge is 2.42. The molecule has 1 saturated heterocycles. The van der Waals surface area contributed by atoms with Crippen molar-refractivity contribution in [2.75, 3.05) is 32.7 Å². The molecule has 1 fully saturated rings. The summed E-state index contributed by atoms with van der Waals surface area (Å²) < 4.78 is 27.7. The van der Waals surface area contributed by atoms with Crippen molar-refractivity contribution in [3.05, 3.63) is 50.3 Å². The van der Waals surface area contributed by atoms with Crippen molar-refractivity contribution in [3.8, 4) is 0 Å². The fraction of sp³-hybridized carbons (Fsp3) is 0.333. The summed E-state index contributed by atoms with van der Waals surface area (Å²) in [5, 5.41) is 3.14. The van der Waals surface area contributed by atoms with Crippen molar-refractivity contribution in [1.82, 2.24) is 14.5 Å². The summed E-state index contributed by atoms with van der Waals surface area (Å²) in [4.78, 5) is 27.2. The van der Waals surface area contributed by atoms with Crippen molar-refractivity contribution in [3.63, 3.8) is 0 Å². The van der Waals surface area contributed by atoms with Gasteiger partial charge in [-0.25, -0.2) is 8.42 Å². The summed E-state index contributed by atoms with van der Waals surface area (Å²) in [5.41, 5.74) is 5.74. The molecule has 0 aliphatic carbocycles. The molecule has 0 saturated carbocycles. The van der Waals surface area contributed by atoms with Crippen LogP contribution in [-0.2, 0) is 14.8 Å². The molecule has 0 radical (unpaired) electrons. The first-order valence-corrected chi connectivity index (χ1v) is 12.5. The van der Waals surface area contributed by atoms with Crippen LogP contribution in [0.25, 0.3) is 0 Å². The van der Waals surface area contributed by atoms with E-state index in [1.54, 1.807) is 0 Å². The number of sulfonamides is 1. The molecular formula is C18H19Cl3N4O4S2. The molecule has 1 aliphatic heterocycles. The van der Waals surface area contributed by atoms with Gasteiger partial charge in [0.15, 0.2) is 0 Å². The van der Waals surface area contributed by atoms with E-state index in [1.165, 1.54) is 35.2 Å². The van der Waals surface area contributed by atoms with Crippen LogP contribution in [0.3, 0.4) is 0 Å². The third kappa shape index (κ3) is 5.33. The molecule has 1 aromatic carbocycles.